The summed E-state index contributed by atoms with van der Waals surface area (Å²) < 4.78 is 10.4. The van der Waals surface area contributed by atoms with Gasteiger partial charge in [0.25, 0.3) is 0 Å². The smallest absolute Gasteiger partial charge is 0.347 e. The number of hydrogen-bond donors (Lipinski definition) is 0. The van der Waals surface area contributed by atoms with Crippen molar-refractivity contribution in [1.82, 2.24) is 0 Å². The number of unbranched alkanes of at least 4 members (excludes halogenated alkanes) is 8. The zero-order valence-electron chi connectivity index (χ0n) is 11.9. The summed E-state index contributed by atoms with van der Waals surface area (Å²) in [4.78, 5) is 0. The van der Waals surface area contributed by atoms with Gasteiger partial charge in [-0.1, -0.05) is 57.9 Å². The van der Waals surface area contributed by atoms with Crippen molar-refractivity contribution >= 4 is 9.28 Å². The van der Waals surface area contributed by atoms with E-state index < -0.39 is 9.28 Å². The van der Waals surface area contributed by atoms with Crippen molar-refractivity contribution in [3.8, 4) is 0 Å². The molecule has 0 N–H and O–H groups in total. The van der Waals surface area contributed by atoms with E-state index in [1.807, 2.05) is 0 Å². The maximum absolute atomic E-state index is 5.21. The van der Waals surface area contributed by atoms with Crippen molar-refractivity contribution in [3.63, 3.8) is 0 Å². The molecule has 0 bridgehead atoms. The maximum atomic E-state index is 5.21. The summed E-state index contributed by atoms with van der Waals surface area (Å²) in [6.45, 7) is 2.27. The first kappa shape index (κ1) is 16.9. The van der Waals surface area contributed by atoms with Crippen LogP contribution in [0.3, 0.4) is 0 Å². The van der Waals surface area contributed by atoms with Crippen LogP contribution in [0.25, 0.3) is 0 Å². The molecule has 0 fully saturated rings. The minimum atomic E-state index is -1.45. The molecule has 0 aromatic heterocycles. The lowest BCUT2D eigenvalue weighted by molar-refractivity contribution is 0.290. The van der Waals surface area contributed by atoms with Gasteiger partial charge in [0, 0.05) is 14.2 Å². The van der Waals surface area contributed by atoms with E-state index in [9.17, 15) is 0 Å². The lowest BCUT2D eigenvalue weighted by Gasteiger charge is -2.04. The van der Waals surface area contributed by atoms with Gasteiger partial charge in [-0.05, 0) is 18.5 Å². The molecule has 0 spiro atoms. The average molecular weight is 258 g/mol. The van der Waals surface area contributed by atoms with E-state index in [1.54, 1.807) is 14.2 Å². The minimum Gasteiger partial charge on any atom is -0.397 e. The van der Waals surface area contributed by atoms with Crippen LogP contribution in [0, 0.1) is 0 Å². The van der Waals surface area contributed by atoms with Gasteiger partial charge >= 0.3 is 9.28 Å². The molecule has 102 valence electrons. The number of allylic oxidation sites excluding steroid dienone is 1. The van der Waals surface area contributed by atoms with E-state index >= 15 is 0 Å². The van der Waals surface area contributed by atoms with E-state index in [1.165, 1.54) is 57.8 Å². The Morgan fingerprint density at radius 3 is 1.88 bits per heavy atom. The van der Waals surface area contributed by atoms with E-state index in [0.29, 0.717) is 0 Å². The zero-order chi connectivity index (χ0) is 12.8. The van der Waals surface area contributed by atoms with Crippen molar-refractivity contribution in [1.29, 1.82) is 0 Å². The van der Waals surface area contributed by atoms with Gasteiger partial charge in [-0.3, -0.25) is 0 Å². The molecule has 0 atom stereocenters. The highest BCUT2D eigenvalue weighted by Crippen LogP contribution is 2.09. The van der Waals surface area contributed by atoms with E-state index in [2.05, 4.69) is 18.7 Å². The van der Waals surface area contributed by atoms with Gasteiger partial charge < -0.3 is 8.85 Å². The predicted molar refractivity (Wildman–Crippen MR) is 77.5 cm³/mol. The summed E-state index contributed by atoms with van der Waals surface area (Å²) >= 11 is 0. The summed E-state index contributed by atoms with van der Waals surface area (Å²) in [6, 6.07) is 0. The molecule has 0 saturated heterocycles. The van der Waals surface area contributed by atoms with Crippen LogP contribution in [0.15, 0.2) is 11.8 Å². The molecule has 0 saturated carbocycles. The van der Waals surface area contributed by atoms with Gasteiger partial charge in [0.1, 0.15) is 0 Å². The first-order valence-electron chi connectivity index (χ1n) is 7.07. The Labute approximate surface area is 109 Å². The van der Waals surface area contributed by atoms with Crippen LogP contribution in [0.4, 0.5) is 0 Å². The van der Waals surface area contributed by atoms with Crippen LogP contribution in [-0.2, 0) is 8.85 Å². The van der Waals surface area contributed by atoms with Crippen LogP contribution in [-0.4, -0.2) is 23.5 Å². The van der Waals surface area contributed by atoms with Crippen molar-refractivity contribution in [3.05, 3.63) is 11.8 Å². The van der Waals surface area contributed by atoms with Gasteiger partial charge in [0.05, 0.1) is 0 Å². The largest absolute Gasteiger partial charge is 0.397 e. The molecule has 0 aromatic carbocycles. The fourth-order valence-electron chi connectivity index (χ4n) is 1.86. The molecule has 3 heteroatoms. The second kappa shape index (κ2) is 13.9. The van der Waals surface area contributed by atoms with Crippen LogP contribution < -0.4 is 0 Å². The van der Waals surface area contributed by atoms with Gasteiger partial charge in [-0.25, -0.2) is 0 Å². The van der Waals surface area contributed by atoms with Crippen LogP contribution in [0.5, 0.6) is 0 Å². The van der Waals surface area contributed by atoms with Gasteiger partial charge in [-0.2, -0.15) is 0 Å². The number of hydrogen-bond acceptors (Lipinski definition) is 2. The van der Waals surface area contributed by atoms with Crippen molar-refractivity contribution < 1.29 is 8.85 Å². The van der Waals surface area contributed by atoms with Gasteiger partial charge in [0.15, 0.2) is 0 Å². The molecular formula is C14H30O2Si. The first-order valence-corrected chi connectivity index (χ1v) is 8.68. The molecular weight excluding hydrogens is 228 g/mol. The summed E-state index contributed by atoms with van der Waals surface area (Å²) in [7, 11) is 2.00. The molecule has 0 aliphatic carbocycles. The van der Waals surface area contributed by atoms with Gasteiger partial charge in [-0.15, -0.1) is 0 Å². The fraction of sp³-hybridized carbons (Fsp3) is 0.857. The Kier molecular flexibility index (Phi) is 13.8. The number of rotatable bonds is 12. The van der Waals surface area contributed by atoms with Crippen LogP contribution in [0.2, 0.25) is 0 Å². The highest BCUT2D eigenvalue weighted by Gasteiger charge is 2.01. The standard InChI is InChI=1S/C14H30O2Si/c1-4-5-6-7-8-9-10-11-12-13-14-17(15-2)16-3/h13-14,17H,4-12H2,1-3H3. The van der Waals surface area contributed by atoms with Crippen molar-refractivity contribution in [2.75, 3.05) is 14.2 Å². The molecule has 2 nitrogen and oxygen atoms in total. The monoisotopic (exact) mass is 258 g/mol. The van der Waals surface area contributed by atoms with E-state index in [0.717, 1.165) is 0 Å². The normalized spacial score (nSPS) is 11.8. The quantitative estimate of drug-likeness (QED) is 0.387. The van der Waals surface area contributed by atoms with Crippen LogP contribution in [0.1, 0.15) is 64.7 Å². The third-order valence-electron chi connectivity index (χ3n) is 2.98. The topological polar surface area (TPSA) is 18.5 Å². The minimum absolute atomic E-state index is 1.17. The lowest BCUT2D eigenvalue weighted by atomic mass is 10.1. The predicted octanol–water partition coefficient (Wildman–Crippen LogP) is 4.13. The van der Waals surface area contributed by atoms with Crippen LogP contribution >= 0.6 is 0 Å². The van der Waals surface area contributed by atoms with Crippen molar-refractivity contribution in [2.24, 2.45) is 0 Å². The average Bonchev–Trinajstić information content (AvgIpc) is 2.36. The summed E-state index contributed by atoms with van der Waals surface area (Å²) in [5, 5.41) is 0. The molecule has 0 aromatic rings. The SMILES string of the molecule is CCCCCCCCCCC=C[SiH](OC)OC. The summed E-state index contributed by atoms with van der Waals surface area (Å²) in [5.41, 5.74) is 2.13. The zero-order valence-corrected chi connectivity index (χ0v) is 13.1. The third-order valence-corrected chi connectivity index (χ3v) is 4.50. The second-order valence-corrected chi connectivity index (χ2v) is 6.60. The lowest BCUT2D eigenvalue weighted by Crippen LogP contribution is -2.15. The summed E-state index contributed by atoms with van der Waals surface area (Å²) in [5.74, 6) is 0. The third kappa shape index (κ3) is 12.1. The maximum Gasteiger partial charge on any atom is 0.347 e. The Morgan fingerprint density at radius 1 is 0.824 bits per heavy atom. The molecule has 0 heterocycles. The molecule has 0 aliphatic rings. The Hall–Kier alpha value is -0.123. The fourth-order valence-corrected chi connectivity index (χ4v) is 2.78. The molecule has 0 amide bonds. The second-order valence-electron chi connectivity index (χ2n) is 4.53. The van der Waals surface area contributed by atoms with E-state index in [-0.39, 0.29) is 0 Å². The highest BCUT2D eigenvalue weighted by atomic mass is 28.3. The first-order chi connectivity index (χ1) is 8.35. The Morgan fingerprint density at radius 2 is 1.35 bits per heavy atom. The Bertz CT molecular complexity index is 168. The molecule has 0 aliphatic heterocycles. The van der Waals surface area contributed by atoms with Crippen molar-refractivity contribution in [2.45, 2.75) is 64.7 Å². The molecule has 0 rings (SSSR count). The Balaban J connectivity index is 3.17. The molecule has 0 unspecified atom stereocenters. The van der Waals surface area contributed by atoms with Gasteiger partial charge in [0.2, 0.25) is 0 Å². The summed E-state index contributed by atoms with van der Waals surface area (Å²) in [6.07, 6.45) is 14.5. The highest BCUT2D eigenvalue weighted by molar-refractivity contribution is 6.50. The molecule has 17 heavy (non-hydrogen) atoms. The molecule has 0 radical (unpaired) electrons. The van der Waals surface area contributed by atoms with E-state index in [4.69, 9.17) is 8.85 Å².